The number of rotatable bonds is 9. The van der Waals surface area contributed by atoms with Gasteiger partial charge >= 0.3 is 0 Å². The van der Waals surface area contributed by atoms with Gasteiger partial charge in [-0.25, -0.2) is 0 Å². The highest BCUT2D eigenvalue weighted by atomic mass is 32.1. The Labute approximate surface area is 115 Å². The van der Waals surface area contributed by atoms with Crippen LogP contribution in [0.5, 0.6) is 0 Å². The van der Waals surface area contributed by atoms with Gasteiger partial charge in [-0.1, -0.05) is 26.1 Å². The van der Waals surface area contributed by atoms with Gasteiger partial charge in [-0.15, -0.1) is 0 Å². The maximum atomic E-state index is 11.5. The van der Waals surface area contributed by atoms with E-state index in [0.29, 0.717) is 4.51 Å². The van der Waals surface area contributed by atoms with Crippen molar-refractivity contribution in [1.29, 1.82) is 0 Å². The van der Waals surface area contributed by atoms with Crippen LogP contribution in [0.3, 0.4) is 0 Å². The normalized spacial score (nSPS) is 11.3. The van der Waals surface area contributed by atoms with E-state index in [1.807, 2.05) is 6.92 Å². The number of hydrogen-bond acceptors (Lipinski definition) is 4. The van der Waals surface area contributed by atoms with Crippen molar-refractivity contribution in [3.8, 4) is 0 Å². The minimum Gasteiger partial charge on any atom is -0.382 e. The lowest BCUT2D eigenvalue weighted by Gasteiger charge is -2.16. The Kier molecular flexibility index (Phi) is 6.50. The second kappa shape index (κ2) is 7.64. The summed E-state index contributed by atoms with van der Waals surface area (Å²) in [6.45, 7) is 7.39. The number of nitrogens with zero attached hydrogens (tertiary/aromatic N) is 1. The zero-order chi connectivity index (χ0) is 13.5. The number of nitrogens with one attached hydrogen (secondary N) is 1. The van der Waals surface area contributed by atoms with Crippen LogP contribution < -0.4 is 10.7 Å². The van der Waals surface area contributed by atoms with Gasteiger partial charge in [0, 0.05) is 12.1 Å². The van der Waals surface area contributed by atoms with Crippen LogP contribution in [0.4, 0.5) is 5.69 Å². The van der Waals surface area contributed by atoms with Crippen molar-refractivity contribution in [3.63, 3.8) is 0 Å². The zero-order valence-electron chi connectivity index (χ0n) is 11.7. The van der Waals surface area contributed by atoms with Gasteiger partial charge in [0.05, 0.1) is 10.2 Å². The Balaban J connectivity index is 2.21. The molecule has 0 aliphatic heterocycles. The molecule has 1 aromatic rings. The van der Waals surface area contributed by atoms with E-state index in [1.54, 1.807) is 0 Å². The Bertz CT molecular complexity index is 435. The zero-order valence-corrected chi connectivity index (χ0v) is 12.5. The molecule has 3 nitrogen and oxygen atoms in total. The first-order valence-electron chi connectivity index (χ1n) is 6.86. The van der Waals surface area contributed by atoms with Crippen LogP contribution in [0.2, 0.25) is 0 Å². The highest BCUT2D eigenvalue weighted by Crippen LogP contribution is 2.16. The van der Waals surface area contributed by atoms with Gasteiger partial charge in [-0.05, 0) is 45.8 Å². The van der Waals surface area contributed by atoms with Crippen molar-refractivity contribution in [2.45, 2.75) is 39.5 Å². The maximum absolute atomic E-state index is 11.5. The van der Waals surface area contributed by atoms with Gasteiger partial charge in [0.2, 0.25) is 5.43 Å². The highest BCUT2D eigenvalue weighted by molar-refractivity contribution is 7.71. The topological polar surface area (TPSA) is 32.3 Å². The van der Waals surface area contributed by atoms with Gasteiger partial charge in [0.15, 0.2) is 0 Å². The lowest BCUT2D eigenvalue weighted by molar-refractivity contribution is 0.328. The monoisotopic (exact) mass is 268 g/mol. The number of unbranched alkanes of at least 4 members (excludes halogenated alkanes) is 1. The first-order chi connectivity index (χ1) is 8.61. The van der Waals surface area contributed by atoms with E-state index in [4.69, 9.17) is 12.2 Å². The second-order valence-corrected chi connectivity index (χ2v) is 5.21. The van der Waals surface area contributed by atoms with Crippen LogP contribution in [-0.4, -0.2) is 31.6 Å². The van der Waals surface area contributed by atoms with E-state index in [1.165, 1.54) is 6.42 Å². The summed E-state index contributed by atoms with van der Waals surface area (Å²) < 4.78 is 0.530. The average molecular weight is 268 g/mol. The predicted molar refractivity (Wildman–Crippen MR) is 80.8 cm³/mol. The van der Waals surface area contributed by atoms with Crippen molar-refractivity contribution in [2.75, 3.05) is 32.0 Å². The molecule has 0 fully saturated rings. The third kappa shape index (κ3) is 3.89. The summed E-state index contributed by atoms with van der Waals surface area (Å²) in [6.07, 6.45) is 4.31. The molecule has 0 spiro atoms. The van der Waals surface area contributed by atoms with Gasteiger partial charge in [0.25, 0.3) is 0 Å². The molecule has 102 valence electrons. The van der Waals surface area contributed by atoms with Crippen molar-refractivity contribution in [1.82, 2.24) is 4.90 Å². The molecule has 0 aliphatic rings. The maximum Gasteiger partial charge on any atom is 0.220 e. The van der Waals surface area contributed by atoms with E-state index in [9.17, 15) is 4.79 Å². The second-order valence-electron chi connectivity index (χ2n) is 4.80. The molecule has 0 saturated heterocycles. The van der Waals surface area contributed by atoms with Crippen molar-refractivity contribution in [3.05, 3.63) is 20.3 Å². The quantitative estimate of drug-likeness (QED) is 0.551. The summed E-state index contributed by atoms with van der Waals surface area (Å²) in [4.78, 5) is 13.9. The summed E-state index contributed by atoms with van der Waals surface area (Å²) in [7, 11) is 2.16. The summed E-state index contributed by atoms with van der Waals surface area (Å²) in [5, 5.41) is 3.23. The summed E-state index contributed by atoms with van der Waals surface area (Å²) >= 11 is 5.01. The lowest BCUT2D eigenvalue weighted by Crippen LogP contribution is -2.23. The van der Waals surface area contributed by atoms with Crippen molar-refractivity contribution in [2.24, 2.45) is 0 Å². The SMILES string of the molecule is CCCN(C)CCCCNc1c(CC)c(=S)c1=O. The molecular formula is C14H24N2OS. The van der Waals surface area contributed by atoms with E-state index >= 15 is 0 Å². The molecule has 0 aliphatic carbocycles. The van der Waals surface area contributed by atoms with Gasteiger partial charge in [0.1, 0.15) is 0 Å². The summed E-state index contributed by atoms with van der Waals surface area (Å²) in [5.74, 6) is 0. The molecule has 0 amide bonds. The first-order valence-corrected chi connectivity index (χ1v) is 7.27. The molecule has 0 unspecified atom stereocenters. The average Bonchev–Trinajstić information content (AvgIpc) is 2.36. The van der Waals surface area contributed by atoms with E-state index in [-0.39, 0.29) is 5.43 Å². The molecule has 0 aromatic heterocycles. The molecule has 0 heterocycles. The van der Waals surface area contributed by atoms with E-state index in [2.05, 4.69) is 24.2 Å². The van der Waals surface area contributed by atoms with Gasteiger partial charge in [-0.2, -0.15) is 0 Å². The molecule has 1 rings (SSSR count). The van der Waals surface area contributed by atoms with Crippen LogP contribution in [0, 0.1) is 4.51 Å². The first kappa shape index (κ1) is 15.3. The largest absolute Gasteiger partial charge is 0.382 e. The summed E-state index contributed by atoms with van der Waals surface area (Å²) in [5.41, 5.74) is 1.84. The van der Waals surface area contributed by atoms with Crippen LogP contribution in [0.25, 0.3) is 0 Å². The minimum absolute atomic E-state index is 0.0324. The fourth-order valence-electron chi connectivity index (χ4n) is 2.18. The molecule has 0 saturated carbocycles. The predicted octanol–water partition coefficient (Wildman–Crippen LogP) is 2.75. The Morgan fingerprint density at radius 2 is 1.94 bits per heavy atom. The van der Waals surface area contributed by atoms with E-state index < -0.39 is 0 Å². The standard InChI is InChI=1S/C14H24N2OS/c1-4-9-16(3)10-7-6-8-15-12-11(5-2)14(18)13(12)17/h15H,4-10H2,1-3H3. The number of anilines is 1. The Hall–Kier alpha value is -0.740. The van der Waals surface area contributed by atoms with E-state index in [0.717, 1.165) is 50.1 Å². The fraction of sp³-hybridized carbons (Fsp3) is 0.714. The van der Waals surface area contributed by atoms with Crippen LogP contribution >= 0.6 is 12.2 Å². The third-order valence-corrected chi connectivity index (χ3v) is 3.67. The molecule has 4 heteroatoms. The summed E-state index contributed by atoms with van der Waals surface area (Å²) in [6, 6.07) is 0. The third-order valence-electron chi connectivity index (χ3n) is 3.24. The minimum atomic E-state index is 0.0324. The molecule has 1 aromatic carbocycles. The van der Waals surface area contributed by atoms with Crippen LogP contribution in [-0.2, 0) is 6.42 Å². The molecule has 18 heavy (non-hydrogen) atoms. The van der Waals surface area contributed by atoms with Crippen LogP contribution in [0.15, 0.2) is 4.79 Å². The fourth-order valence-corrected chi connectivity index (χ4v) is 2.53. The lowest BCUT2D eigenvalue weighted by atomic mass is 10.1. The highest BCUT2D eigenvalue weighted by Gasteiger charge is 2.14. The molecule has 0 radical (unpaired) electrons. The van der Waals surface area contributed by atoms with Gasteiger partial charge < -0.3 is 10.2 Å². The van der Waals surface area contributed by atoms with Crippen molar-refractivity contribution >= 4 is 17.9 Å². The Morgan fingerprint density at radius 3 is 2.56 bits per heavy atom. The van der Waals surface area contributed by atoms with Crippen molar-refractivity contribution < 1.29 is 0 Å². The smallest absolute Gasteiger partial charge is 0.220 e. The Morgan fingerprint density at radius 1 is 1.22 bits per heavy atom. The van der Waals surface area contributed by atoms with Crippen LogP contribution in [0.1, 0.15) is 38.7 Å². The molecule has 0 atom stereocenters. The molecule has 0 bridgehead atoms. The number of hydrogen-bond donors (Lipinski definition) is 1. The molecule has 1 N–H and O–H groups in total. The van der Waals surface area contributed by atoms with Gasteiger partial charge in [-0.3, -0.25) is 4.79 Å². The molecular weight excluding hydrogens is 244 g/mol.